The van der Waals surface area contributed by atoms with Gasteiger partial charge in [0.1, 0.15) is 5.60 Å². The Kier molecular flexibility index (Phi) is 6.28. The van der Waals surface area contributed by atoms with Gasteiger partial charge in [-0.05, 0) is 87.4 Å². The molecular formula is C32H52O4. The lowest BCUT2D eigenvalue weighted by molar-refractivity contribution is -0.225. The zero-order valence-electron chi connectivity index (χ0n) is 24.4. The summed E-state index contributed by atoms with van der Waals surface area (Å²) in [5, 5.41) is 11.0. The lowest BCUT2D eigenvalue weighted by Crippen LogP contribution is -2.65. The standard InChI is InChI=1S/C32H52O4/c1-21(11-10-16-27(2,3)35-9)22-14-17-30(7)23-15-18-32-24(12-13-25(33)28(32,4)5)31(23,26(34-8)36-32)20-19-29(22,30)6/h10,15-16,18,21-26,33H,11-14,17,19-20H2,1-9H3/t21-,22-,23+,24+,25+,26-,29-,30+,31+,32-/m1/s1. The van der Waals surface area contributed by atoms with E-state index in [2.05, 4.69) is 72.8 Å². The third-order valence-electron chi connectivity index (χ3n) is 12.9. The van der Waals surface area contributed by atoms with E-state index in [0.717, 1.165) is 25.7 Å². The lowest BCUT2D eigenvalue weighted by Gasteiger charge is -2.65. The van der Waals surface area contributed by atoms with E-state index in [1.165, 1.54) is 19.3 Å². The van der Waals surface area contributed by atoms with Crippen molar-refractivity contribution < 1.29 is 19.3 Å². The number of hydrogen-bond donors (Lipinski definition) is 1. The molecule has 0 aromatic carbocycles. The highest BCUT2D eigenvalue weighted by atomic mass is 16.7. The molecule has 4 nitrogen and oxygen atoms in total. The predicted octanol–water partition coefficient (Wildman–Crippen LogP) is 6.92. The Labute approximate surface area is 220 Å². The first-order valence-corrected chi connectivity index (χ1v) is 14.6. The molecule has 0 aromatic heterocycles. The van der Waals surface area contributed by atoms with Gasteiger partial charge in [-0.25, -0.2) is 0 Å². The van der Waals surface area contributed by atoms with Crippen molar-refractivity contribution in [3.05, 3.63) is 24.3 Å². The SMILES string of the molecule is CO[C@@H]1O[C@]23C=C[C@@H]4[C@@]1(CC[C@]1(C)[C@@H]([C@H](C)CC=CC(C)(C)OC)CC[C@@]41C)[C@@H]2CC[C@H](O)C3(C)C. The predicted molar refractivity (Wildman–Crippen MR) is 144 cm³/mol. The van der Waals surface area contributed by atoms with E-state index in [1.807, 2.05) is 7.11 Å². The van der Waals surface area contributed by atoms with Crippen molar-refractivity contribution in [1.29, 1.82) is 0 Å². The number of allylic oxidation sites excluding steroid dienone is 2. The van der Waals surface area contributed by atoms with Gasteiger partial charge in [-0.3, -0.25) is 0 Å². The van der Waals surface area contributed by atoms with Crippen molar-refractivity contribution in [2.45, 2.75) is 117 Å². The molecule has 1 heterocycles. The Bertz CT molecular complexity index is 921. The smallest absolute Gasteiger partial charge is 0.164 e. The van der Waals surface area contributed by atoms with Crippen LogP contribution in [0.2, 0.25) is 0 Å². The van der Waals surface area contributed by atoms with Crippen molar-refractivity contribution in [2.24, 2.45) is 45.3 Å². The summed E-state index contributed by atoms with van der Waals surface area (Å²) < 4.78 is 18.8. The molecule has 204 valence electrons. The Hall–Kier alpha value is -0.680. The molecule has 4 heteroatoms. The van der Waals surface area contributed by atoms with Crippen molar-refractivity contribution in [1.82, 2.24) is 0 Å². The van der Waals surface area contributed by atoms with Gasteiger partial charge in [0.05, 0.1) is 11.7 Å². The molecule has 3 saturated carbocycles. The average molecular weight is 501 g/mol. The van der Waals surface area contributed by atoms with E-state index in [-0.39, 0.29) is 34.2 Å². The third kappa shape index (κ3) is 3.20. The molecule has 0 amide bonds. The quantitative estimate of drug-likeness (QED) is 0.402. The summed E-state index contributed by atoms with van der Waals surface area (Å²) in [5.41, 5.74) is -0.460. The summed E-state index contributed by atoms with van der Waals surface area (Å²) >= 11 is 0. The van der Waals surface area contributed by atoms with Crippen LogP contribution in [0.1, 0.15) is 93.4 Å². The number of methoxy groups -OCH3 is 2. The number of hydrogen-bond acceptors (Lipinski definition) is 4. The van der Waals surface area contributed by atoms with E-state index in [1.54, 1.807) is 7.11 Å². The van der Waals surface area contributed by atoms with Crippen LogP contribution in [0.3, 0.4) is 0 Å². The summed E-state index contributed by atoms with van der Waals surface area (Å²) in [7, 11) is 3.63. The maximum absolute atomic E-state index is 11.0. The second kappa shape index (κ2) is 8.41. The van der Waals surface area contributed by atoms with E-state index >= 15 is 0 Å². The minimum atomic E-state index is -0.434. The summed E-state index contributed by atoms with van der Waals surface area (Å²) in [6.07, 6.45) is 16.9. The number of aliphatic hydroxyl groups is 1. The van der Waals surface area contributed by atoms with Gasteiger partial charge in [0.25, 0.3) is 0 Å². The van der Waals surface area contributed by atoms with E-state index < -0.39 is 5.60 Å². The van der Waals surface area contributed by atoms with Gasteiger partial charge in [-0.2, -0.15) is 0 Å². The van der Waals surface area contributed by atoms with Crippen LogP contribution in [-0.4, -0.2) is 42.9 Å². The molecule has 1 saturated heterocycles. The minimum Gasteiger partial charge on any atom is -0.392 e. The molecule has 5 rings (SSSR count). The largest absolute Gasteiger partial charge is 0.392 e. The number of rotatable bonds is 6. The molecule has 4 aliphatic carbocycles. The van der Waals surface area contributed by atoms with Crippen molar-refractivity contribution in [3.63, 3.8) is 0 Å². The van der Waals surface area contributed by atoms with Crippen LogP contribution in [0.4, 0.5) is 0 Å². The van der Waals surface area contributed by atoms with Crippen LogP contribution in [-0.2, 0) is 14.2 Å². The summed E-state index contributed by atoms with van der Waals surface area (Å²) in [4.78, 5) is 0. The second-order valence-corrected chi connectivity index (χ2v) is 14.7. The zero-order chi connectivity index (χ0) is 26.4. The van der Waals surface area contributed by atoms with Crippen LogP contribution in [0.15, 0.2) is 24.3 Å². The highest BCUT2D eigenvalue weighted by Crippen LogP contribution is 2.78. The second-order valence-electron chi connectivity index (χ2n) is 14.7. The fourth-order valence-corrected chi connectivity index (χ4v) is 10.3. The molecule has 4 fully saturated rings. The van der Waals surface area contributed by atoms with Crippen LogP contribution in [0, 0.1) is 45.3 Å². The molecule has 1 aliphatic heterocycles. The number of fused-ring (bicyclic) bond motifs is 2. The van der Waals surface area contributed by atoms with Gasteiger partial charge in [-0.1, -0.05) is 58.9 Å². The Balaban J connectivity index is 1.49. The first-order chi connectivity index (χ1) is 16.8. The maximum Gasteiger partial charge on any atom is 0.164 e. The molecular weight excluding hydrogens is 448 g/mol. The lowest BCUT2D eigenvalue weighted by atomic mass is 9.38. The molecule has 10 atom stereocenters. The van der Waals surface area contributed by atoms with Gasteiger partial charge in [-0.15, -0.1) is 0 Å². The Morgan fingerprint density at radius 3 is 2.44 bits per heavy atom. The minimum absolute atomic E-state index is 0.00428. The molecule has 0 radical (unpaired) electrons. The van der Waals surface area contributed by atoms with Gasteiger partial charge in [0.2, 0.25) is 0 Å². The van der Waals surface area contributed by atoms with Gasteiger partial charge in [0.15, 0.2) is 6.29 Å². The normalized spacial score (nSPS) is 50.1. The monoisotopic (exact) mass is 500 g/mol. The van der Waals surface area contributed by atoms with Crippen LogP contribution >= 0.6 is 0 Å². The molecule has 5 aliphatic rings. The molecule has 0 aromatic rings. The zero-order valence-corrected chi connectivity index (χ0v) is 24.4. The summed E-state index contributed by atoms with van der Waals surface area (Å²) in [6, 6.07) is 0. The molecule has 1 spiro atoms. The van der Waals surface area contributed by atoms with E-state index in [9.17, 15) is 5.11 Å². The van der Waals surface area contributed by atoms with Gasteiger partial charge < -0.3 is 19.3 Å². The molecule has 1 N–H and O–H groups in total. The Morgan fingerprint density at radius 1 is 1.06 bits per heavy atom. The fraction of sp³-hybridized carbons (Fsp3) is 0.875. The molecule has 36 heavy (non-hydrogen) atoms. The van der Waals surface area contributed by atoms with Crippen LogP contribution < -0.4 is 0 Å². The van der Waals surface area contributed by atoms with Crippen molar-refractivity contribution in [3.8, 4) is 0 Å². The topological polar surface area (TPSA) is 47.9 Å². The average Bonchev–Trinajstić information content (AvgIpc) is 3.20. The fourth-order valence-electron chi connectivity index (χ4n) is 10.3. The highest BCUT2D eigenvalue weighted by Gasteiger charge is 2.78. The molecule has 0 unspecified atom stereocenters. The highest BCUT2D eigenvalue weighted by molar-refractivity contribution is 5.34. The number of aliphatic hydroxyl groups excluding tert-OH is 1. The van der Waals surface area contributed by atoms with Gasteiger partial charge >= 0.3 is 0 Å². The van der Waals surface area contributed by atoms with Gasteiger partial charge in [0, 0.05) is 31.0 Å². The summed E-state index contributed by atoms with van der Waals surface area (Å²) in [5.74, 6) is 2.20. The van der Waals surface area contributed by atoms with Crippen LogP contribution in [0.25, 0.3) is 0 Å². The van der Waals surface area contributed by atoms with Crippen molar-refractivity contribution >= 4 is 0 Å². The first-order valence-electron chi connectivity index (χ1n) is 14.6. The maximum atomic E-state index is 11.0. The van der Waals surface area contributed by atoms with E-state index in [4.69, 9.17) is 14.2 Å². The first kappa shape index (κ1) is 26.9. The van der Waals surface area contributed by atoms with Crippen molar-refractivity contribution in [2.75, 3.05) is 14.2 Å². The Morgan fingerprint density at radius 2 is 1.78 bits per heavy atom. The summed E-state index contributed by atoms with van der Waals surface area (Å²) in [6.45, 7) is 16.3. The number of ether oxygens (including phenoxy) is 3. The van der Waals surface area contributed by atoms with Crippen LogP contribution in [0.5, 0.6) is 0 Å². The molecule has 2 bridgehead atoms. The third-order valence-corrected chi connectivity index (χ3v) is 12.9. The van der Waals surface area contributed by atoms with E-state index in [0.29, 0.717) is 29.1 Å².